The summed E-state index contributed by atoms with van der Waals surface area (Å²) in [4.78, 5) is 12.5. The number of aryl methyl sites for hydroxylation is 1. The van der Waals surface area contributed by atoms with E-state index >= 15 is 0 Å². The normalized spacial score (nSPS) is 19.5. The molecule has 156 valence electrons. The zero-order valence-corrected chi connectivity index (χ0v) is 16.9. The molecule has 0 aliphatic heterocycles. The van der Waals surface area contributed by atoms with Gasteiger partial charge in [-0.2, -0.15) is 4.98 Å². The third kappa shape index (κ3) is 3.61. The van der Waals surface area contributed by atoms with Crippen molar-refractivity contribution in [2.75, 3.05) is 18.5 Å². The van der Waals surface area contributed by atoms with Crippen LogP contribution in [0.1, 0.15) is 31.5 Å². The van der Waals surface area contributed by atoms with Crippen LogP contribution in [0, 0.1) is 6.92 Å². The van der Waals surface area contributed by atoms with Crippen LogP contribution < -0.4 is 5.32 Å². The van der Waals surface area contributed by atoms with Gasteiger partial charge in [0, 0.05) is 41.1 Å². The Balaban J connectivity index is 1.32. The second-order valence-corrected chi connectivity index (χ2v) is 7.76. The van der Waals surface area contributed by atoms with Gasteiger partial charge in [-0.15, -0.1) is 10.2 Å². The highest BCUT2D eigenvalue weighted by Crippen LogP contribution is 2.29. The largest absolute Gasteiger partial charge is 0.394 e. The second kappa shape index (κ2) is 8.00. The molecule has 5 rings (SSSR count). The van der Waals surface area contributed by atoms with Crippen molar-refractivity contribution in [2.24, 2.45) is 0 Å². The van der Waals surface area contributed by atoms with Gasteiger partial charge in [0.25, 0.3) is 0 Å². The lowest BCUT2D eigenvalue weighted by atomic mass is 9.93. The third-order valence-electron chi connectivity index (χ3n) is 5.77. The van der Waals surface area contributed by atoms with Gasteiger partial charge in [0.15, 0.2) is 5.65 Å². The highest BCUT2D eigenvalue weighted by molar-refractivity contribution is 5.93. The molecule has 4 aromatic rings. The summed E-state index contributed by atoms with van der Waals surface area (Å²) in [6.07, 6.45) is 10.1. The molecule has 1 aliphatic rings. The average Bonchev–Trinajstić information content (AvgIpc) is 3.36. The van der Waals surface area contributed by atoms with Crippen molar-refractivity contribution < 1.29 is 9.84 Å². The van der Waals surface area contributed by atoms with Gasteiger partial charge in [0.2, 0.25) is 5.95 Å². The van der Waals surface area contributed by atoms with E-state index in [4.69, 9.17) is 9.84 Å². The summed E-state index contributed by atoms with van der Waals surface area (Å²) in [5.74, 6) is 1.49. The standard InChI is InChI=1S/C21H25N7O2/c1-13-26-27-19-7-2-14(12-28(13)19)17-10-22-20-18(17)11-23-21(25-20)24-15-3-5-16(6-4-15)30-9-8-29/h2,7,10-12,15-16,29H,3-6,8-9H2,1H3,(H2,22,23,24,25)/t15-,16-. The van der Waals surface area contributed by atoms with Crippen LogP contribution in [0.15, 0.2) is 30.7 Å². The average molecular weight is 407 g/mol. The molecule has 3 N–H and O–H groups in total. The van der Waals surface area contributed by atoms with Crippen molar-refractivity contribution in [1.82, 2.24) is 29.5 Å². The van der Waals surface area contributed by atoms with Crippen LogP contribution in [-0.2, 0) is 4.74 Å². The van der Waals surface area contributed by atoms with Gasteiger partial charge >= 0.3 is 0 Å². The van der Waals surface area contributed by atoms with Gasteiger partial charge in [-0.1, -0.05) is 0 Å². The van der Waals surface area contributed by atoms with E-state index < -0.39 is 0 Å². The summed E-state index contributed by atoms with van der Waals surface area (Å²) in [6, 6.07) is 4.34. The Bertz CT molecular complexity index is 1160. The van der Waals surface area contributed by atoms with Crippen LogP contribution in [0.3, 0.4) is 0 Å². The number of rotatable bonds is 6. The predicted octanol–water partition coefficient (Wildman–Crippen LogP) is 2.71. The lowest BCUT2D eigenvalue weighted by Crippen LogP contribution is -2.30. The smallest absolute Gasteiger partial charge is 0.224 e. The highest BCUT2D eigenvalue weighted by Gasteiger charge is 2.22. The first-order valence-electron chi connectivity index (χ1n) is 10.4. The summed E-state index contributed by atoms with van der Waals surface area (Å²) in [5, 5.41) is 21.6. The Morgan fingerprint density at radius 2 is 2.10 bits per heavy atom. The maximum Gasteiger partial charge on any atom is 0.224 e. The summed E-state index contributed by atoms with van der Waals surface area (Å²) in [6.45, 7) is 2.44. The quantitative estimate of drug-likeness (QED) is 0.450. The molecule has 0 atom stereocenters. The number of anilines is 1. The molecule has 0 spiro atoms. The Hall–Kier alpha value is -3.04. The van der Waals surface area contributed by atoms with Crippen molar-refractivity contribution >= 4 is 22.6 Å². The van der Waals surface area contributed by atoms with Crippen molar-refractivity contribution in [2.45, 2.75) is 44.8 Å². The Morgan fingerprint density at radius 3 is 2.93 bits per heavy atom. The van der Waals surface area contributed by atoms with Gasteiger partial charge in [0.1, 0.15) is 11.5 Å². The number of fused-ring (bicyclic) bond motifs is 2. The molecule has 0 amide bonds. The van der Waals surface area contributed by atoms with Gasteiger partial charge in [-0.25, -0.2) is 4.98 Å². The molecule has 0 saturated heterocycles. The maximum absolute atomic E-state index is 8.89. The minimum atomic E-state index is 0.0802. The molecule has 1 aliphatic carbocycles. The van der Waals surface area contributed by atoms with Gasteiger partial charge in [0.05, 0.1) is 19.3 Å². The number of aromatic nitrogens is 6. The third-order valence-corrected chi connectivity index (χ3v) is 5.77. The second-order valence-electron chi connectivity index (χ2n) is 7.76. The van der Waals surface area contributed by atoms with Crippen molar-refractivity contribution in [3.8, 4) is 11.1 Å². The monoisotopic (exact) mass is 407 g/mol. The fourth-order valence-corrected chi connectivity index (χ4v) is 4.16. The molecule has 0 aromatic carbocycles. The van der Waals surface area contributed by atoms with E-state index in [-0.39, 0.29) is 12.7 Å². The lowest BCUT2D eigenvalue weighted by molar-refractivity contribution is 0.00719. The molecule has 9 nitrogen and oxygen atoms in total. The summed E-state index contributed by atoms with van der Waals surface area (Å²) < 4.78 is 7.62. The zero-order chi connectivity index (χ0) is 20.5. The van der Waals surface area contributed by atoms with E-state index in [9.17, 15) is 0 Å². The van der Waals surface area contributed by atoms with E-state index in [0.29, 0.717) is 18.6 Å². The fraction of sp³-hybridized carbons (Fsp3) is 0.429. The Kier molecular flexibility index (Phi) is 5.06. The summed E-state index contributed by atoms with van der Waals surface area (Å²) in [7, 11) is 0. The minimum absolute atomic E-state index is 0.0802. The van der Waals surface area contributed by atoms with Crippen LogP contribution in [0.25, 0.3) is 27.8 Å². The highest BCUT2D eigenvalue weighted by atomic mass is 16.5. The van der Waals surface area contributed by atoms with Gasteiger partial charge in [-0.3, -0.25) is 4.40 Å². The maximum atomic E-state index is 8.89. The number of hydrogen-bond acceptors (Lipinski definition) is 7. The summed E-state index contributed by atoms with van der Waals surface area (Å²) in [5.41, 5.74) is 3.74. The first-order chi connectivity index (χ1) is 14.7. The molecule has 0 unspecified atom stereocenters. The molecule has 1 fully saturated rings. The van der Waals surface area contributed by atoms with Crippen LogP contribution >= 0.6 is 0 Å². The molecule has 4 heterocycles. The topological polar surface area (TPSA) is 113 Å². The number of pyridine rings is 1. The first kappa shape index (κ1) is 19.0. The number of nitrogens with one attached hydrogen (secondary N) is 2. The van der Waals surface area contributed by atoms with Crippen molar-refractivity contribution in [3.63, 3.8) is 0 Å². The predicted molar refractivity (Wildman–Crippen MR) is 113 cm³/mol. The molecule has 4 aromatic heterocycles. The van der Waals surface area contributed by atoms with E-state index in [1.165, 1.54) is 0 Å². The molecular weight excluding hydrogens is 382 g/mol. The Morgan fingerprint density at radius 1 is 1.23 bits per heavy atom. The number of ether oxygens (including phenoxy) is 1. The van der Waals surface area contributed by atoms with Crippen LogP contribution in [0.4, 0.5) is 5.95 Å². The molecule has 0 bridgehead atoms. The molecule has 30 heavy (non-hydrogen) atoms. The number of H-pyrrole nitrogens is 1. The zero-order valence-electron chi connectivity index (χ0n) is 16.9. The van der Waals surface area contributed by atoms with E-state index in [1.807, 2.05) is 42.0 Å². The lowest BCUT2D eigenvalue weighted by Gasteiger charge is -2.28. The van der Waals surface area contributed by atoms with E-state index in [2.05, 4.69) is 30.5 Å². The van der Waals surface area contributed by atoms with Crippen molar-refractivity contribution in [1.29, 1.82) is 0 Å². The van der Waals surface area contributed by atoms with Gasteiger partial charge < -0.3 is 20.1 Å². The number of aromatic amines is 1. The molecule has 9 heteroatoms. The number of nitrogens with zero attached hydrogens (tertiary/aromatic N) is 5. The fourth-order valence-electron chi connectivity index (χ4n) is 4.16. The minimum Gasteiger partial charge on any atom is -0.394 e. The van der Waals surface area contributed by atoms with Gasteiger partial charge in [-0.05, 0) is 44.7 Å². The van der Waals surface area contributed by atoms with Crippen LogP contribution in [0.5, 0.6) is 0 Å². The van der Waals surface area contributed by atoms with E-state index in [0.717, 1.165) is 59.3 Å². The SMILES string of the molecule is Cc1nnc2ccc(-c3c[nH]c4nc(N[C@H]5CC[C@H](OCCO)CC5)ncc34)cn12. The van der Waals surface area contributed by atoms with Crippen molar-refractivity contribution in [3.05, 3.63) is 36.5 Å². The first-order valence-corrected chi connectivity index (χ1v) is 10.4. The van der Waals surface area contributed by atoms with Crippen LogP contribution in [0.2, 0.25) is 0 Å². The van der Waals surface area contributed by atoms with Crippen LogP contribution in [-0.4, -0.2) is 60.0 Å². The molecular formula is C21H25N7O2. The summed E-state index contributed by atoms with van der Waals surface area (Å²) >= 11 is 0. The molecule has 0 radical (unpaired) electrons. The Labute approximate surface area is 173 Å². The number of aliphatic hydroxyl groups excluding tert-OH is 1. The number of hydrogen-bond donors (Lipinski definition) is 3. The van der Waals surface area contributed by atoms with E-state index in [1.54, 1.807) is 0 Å². The molecule has 1 saturated carbocycles. The number of aliphatic hydroxyl groups is 1.